The Labute approximate surface area is 131 Å². The summed E-state index contributed by atoms with van der Waals surface area (Å²) in [7, 11) is -3.52. The van der Waals surface area contributed by atoms with Crippen molar-refractivity contribution in [1.29, 1.82) is 0 Å². The lowest BCUT2D eigenvalue weighted by atomic mass is 10.0. The first-order chi connectivity index (χ1) is 8.90. The second kappa shape index (κ2) is 7.09. The van der Waals surface area contributed by atoms with Crippen molar-refractivity contribution < 1.29 is 8.42 Å². The number of aryl methyl sites for hydroxylation is 1. The van der Waals surface area contributed by atoms with E-state index in [1.807, 2.05) is 6.92 Å². The largest absolute Gasteiger partial charge is 0.313 e. The Morgan fingerprint density at radius 1 is 1.40 bits per heavy atom. The van der Waals surface area contributed by atoms with E-state index >= 15 is 0 Å². The van der Waals surface area contributed by atoms with E-state index < -0.39 is 10.0 Å². The smallest absolute Gasteiger partial charge is 0.241 e. The van der Waals surface area contributed by atoms with Gasteiger partial charge < -0.3 is 5.32 Å². The molecule has 0 aliphatic carbocycles. The molecular formula is C13H20Cl2N2O2S. The molecule has 1 aromatic rings. The van der Waals surface area contributed by atoms with Crippen LogP contribution in [0.5, 0.6) is 0 Å². The fraction of sp³-hybridized carbons (Fsp3) is 0.538. The first-order valence-electron chi connectivity index (χ1n) is 6.42. The predicted octanol–water partition coefficient (Wildman–Crippen LogP) is 2.49. The van der Waals surface area contributed by atoms with E-state index in [1.165, 1.54) is 6.07 Å². The van der Waals surface area contributed by atoms with Gasteiger partial charge in [-0.3, -0.25) is 0 Å². The van der Waals surface area contributed by atoms with Crippen molar-refractivity contribution in [2.24, 2.45) is 0 Å². The summed E-state index contributed by atoms with van der Waals surface area (Å²) in [5.41, 5.74) is 0.702. The maximum absolute atomic E-state index is 12.4. The van der Waals surface area contributed by atoms with Crippen molar-refractivity contribution in [3.8, 4) is 0 Å². The summed E-state index contributed by atoms with van der Waals surface area (Å²) >= 11 is 5.89. The third-order valence-corrected chi connectivity index (χ3v) is 5.38. The van der Waals surface area contributed by atoms with Crippen LogP contribution in [0.15, 0.2) is 23.1 Å². The molecule has 1 fully saturated rings. The molecule has 0 radical (unpaired) electrons. The van der Waals surface area contributed by atoms with Gasteiger partial charge in [-0.2, -0.15) is 0 Å². The van der Waals surface area contributed by atoms with Crippen LogP contribution in [0.4, 0.5) is 0 Å². The van der Waals surface area contributed by atoms with Crippen LogP contribution in [0.25, 0.3) is 0 Å². The predicted molar refractivity (Wildman–Crippen MR) is 84.2 cm³/mol. The molecule has 0 aromatic heterocycles. The van der Waals surface area contributed by atoms with Gasteiger partial charge in [0.15, 0.2) is 0 Å². The van der Waals surface area contributed by atoms with Crippen LogP contribution in [0.3, 0.4) is 0 Å². The SMILES string of the molecule is Cc1ccc(Cl)cc1S(=O)(=O)NC1CCCNC1C.Cl. The van der Waals surface area contributed by atoms with Gasteiger partial charge in [0, 0.05) is 17.1 Å². The minimum atomic E-state index is -3.52. The summed E-state index contributed by atoms with van der Waals surface area (Å²) in [4.78, 5) is 0.262. The molecule has 2 atom stereocenters. The topological polar surface area (TPSA) is 58.2 Å². The van der Waals surface area contributed by atoms with Crippen LogP contribution in [0.1, 0.15) is 25.3 Å². The zero-order valence-corrected chi connectivity index (χ0v) is 13.9. The summed E-state index contributed by atoms with van der Waals surface area (Å²) in [6.45, 7) is 4.71. The second-order valence-electron chi connectivity index (χ2n) is 5.02. The average molecular weight is 339 g/mol. The first-order valence-corrected chi connectivity index (χ1v) is 8.28. The van der Waals surface area contributed by atoms with Crippen molar-refractivity contribution in [2.75, 3.05) is 6.54 Å². The Morgan fingerprint density at radius 2 is 2.10 bits per heavy atom. The van der Waals surface area contributed by atoms with Crippen LogP contribution >= 0.6 is 24.0 Å². The number of benzene rings is 1. The zero-order chi connectivity index (χ0) is 14.0. The highest BCUT2D eigenvalue weighted by Gasteiger charge is 2.27. The third-order valence-electron chi connectivity index (χ3n) is 3.51. The van der Waals surface area contributed by atoms with Gasteiger partial charge in [0.25, 0.3) is 0 Å². The molecule has 1 saturated heterocycles. The highest BCUT2D eigenvalue weighted by molar-refractivity contribution is 7.89. The fourth-order valence-corrected chi connectivity index (χ4v) is 4.19. The van der Waals surface area contributed by atoms with Gasteiger partial charge in [-0.1, -0.05) is 17.7 Å². The van der Waals surface area contributed by atoms with Gasteiger partial charge in [-0.05, 0) is 50.9 Å². The van der Waals surface area contributed by atoms with E-state index in [2.05, 4.69) is 10.0 Å². The molecule has 1 aliphatic rings. The van der Waals surface area contributed by atoms with Crippen LogP contribution in [0, 0.1) is 6.92 Å². The van der Waals surface area contributed by atoms with E-state index in [4.69, 9.17) is 11.6 Å². The Morgan fingerprint density at radius 3 is 2.75 bits per heavy atom. The second-order valence-corrected chi connectivity index (χ2v) is 7.14. The molecule has 2 rings (SSSR count). The van der Waals surface area contributed by atoms with Crippen molar-refractivity contribution in [2.45, 2.75) is 43.7 Å². The standard InChI is InChI=1S/C13H19ClN2O2S.ClH/c1-9-5-6-11(14)8-13(9)19(17,18)16-12-4-3-7-15-10(12)2;/h5-6,8,10,12,15-16H,3-4,7H2,1-2H3;1H. The normalized spacial score (nSPS) is 23.1. The van der Waals surface area contributed by atoms with Gasteiger partial charge in [0.2, 0.25) is 10.0 Å². The molecule has 2 N–H and O–H groups in total. The van der Waals surface area contributed by atoms with Crippen molar-refractivity contribution >= 4 is 34.0 Å². The minimum Gasteiger partial charge on any atom is -0.313 e. The van der Waals surface area contributed by atoms with Gasteiger partial charge in [0.1, 0.15) is 0 Å². The highest BCUT2D eigenvalue weighted by atomic mass is 35.5. The summed E-state index contributed by atoms with van der Waals surface area (Å²) < 4.78 is 27.6. The van der Waals surface area contributed by atoms with Gasteiger partial charge >= 0.3 is 0 Å². The molecule has 1 aliphatic heterocycles. The number of piperidine rings is 1. The van der Waals surface area contributed by atoms with Crippen LogP contribution < -0.4 is 10.0 Å². The third kappa shape index (κ3) is 4.09. The quantitative estimate of drug-likeness (QED) is 0.890. The summed E-state index contributed by atoms with van der Waals surface area (Å²) in [5, 5.41) is 3.71. The maximum Gasteiger partial charge on any atom is 0.241 e. The monoisotopic (exact) mass is 338 g/mol. The van der Waals surface area contributed by atoms with E-state index in [9.17, 15) is 8.42 Å². The minimum absolute atomic E-state index is 0. The van der Waals surface area contributed by atoms with Gasteiger partial charge in [-0.25, -0.2) is 13.1 Å². The zero-order valence-electron chi connectivity index (χ0n) is 11.5. The van der Waals surface area contributed by atoms with Crippen LogP contribution in [0.2, 0.25) is 5.02 Å². The molecule has 0 spiro atoms. The van der Waals surface area contributed by atoms with Crippen molar-refractivity contribution in [1.82, 2.24) is 10.0 Å². The molecule has 114 valence electrons. The van der Waals surface area contributed by atoms with E-state index in [-0.39, 0.29) is 29.4 Å². The van der Waals surface area contributed by atoms with E-state index in [1.54, 1.807) is 19.1 Å². The number of hydrogen-bond donors (Lipinski definition) is 2. The number of rotatable bonds is 3. The lowest BCUT2D eigenvalue weighted by molar-refractivity contribution is 0.349. The fourth-order valence-electron chi connectivity index (χ4n) is 2.33. The lowest BCUT2D eigenvalue weighted by Crippen LogP contribution is -2.51. The Kier molecular flexibility index (Phi) is 6.28. The molecule has 4 nitrogen and oxygen atoms in total. The molecule has 20 heavy (non-hydrogen) atoms. The molecule has 7 heteroatoms. The molecule has 0 bridgehead atoms. The Bertz CT molecular complexity index is 563. The Balaban J connectivity index is 0.00000200. The Hall–Kier alpha value is -0.330. The summed E-state index contributed by atoms with van der Waals surface area (Å²) in [6, 6.07) is 4.99. The number of hydrogen-bond acceptors (Lipinski definition) is 3. The molecule has 0 saturated carbocycles. The van der Waals surface area contributed by atoms with Crippen molar-refractivity contribution in [3.05, 3.63) is 28.8 Å². The molecule has 1 aromatic carbocycles. The number of halogens is 2. The lowest BCUT2D eigenvalue weighted by Gasteiger charge is -2.30. The van der Waals surface area contributed by atoms with E-state index in [0.717, 1.165) is 19.4 Å². The van der Waals surface area contributed by atoms with Crippen LogP contribution in [-0.2, 0) is 10.0 Å². The van der Waals surface area contributed by atoms with Crippen molar-refractivity contribution in [3.63, 3.8) is 0 Å². The molecule has 1 heterocycles. The summed E-state index contributed by atoms with van der Waals surface area (Å²) in [5.74, 6) is 0. The number of sulfonamides is 1. The van der Waals surface area contributed by atoms with E-state index in [0.29, 0.717) is 10.6 Å². The molecule has 2 unspecified atom stereocenters. The molecule has 0 amide bonds. The van der Waals surface area contributed by atoms with Gasteiger partial charge in [0.05, 0.1) is 4.90 Å². The maximum atomic E-state index is 12.4. The average Bonchev–Trinajstić information content (AvgIpc) is 2.35. The number of nitrogens with one attached hydrogen (secondary N) is 2. The highest BCUT2D eigenvalue weighted by Crippen LogP contribution is 2.21. The first kappa shape index (κ1) is 17.7. The van der Waals surface area contributed by atoms with Gasteiger partial charge in [-0.15, -0.1) is 12.4 Å². The van der Waals surface area contributed by atoms with Crippen LogP contribution in [-0.4, -0.2) is 27.0 Å². The molecular weight excluding hydrogens is 319 g/mol. The summed E-state index contributed by atoms with van der Waals surface area (Å²) in [6.07, 6.45) is 1.83.